The van der Waals surface area contributed by atoms with E-state index < -0.39 is 0 Å². The molecule has 0 N–H and O–H groups in total. The van der Waals surface area contributed by atoms with Crippen molar-refractivity contribution in [3.63, 3.8) is 0 Å². The second kappa shape index (κ2) is 14.0. The van der Waals surface area contributed by atoms with Crippen LogP contribution in [0.5, 0.6) is 11.5 Å². The van der Waals surface area contributed by atoms with Gasteiger partial charge in [0, 0.05) is 11.1 Å². The van der Waals surface area contributed by atoms with Crippen molar-refractivity contribution in [2.75, 3.05) is 14.2 Å². The molecule has 42 heavy (non-hydrogen) atoms. The summed E-state index contributed by atoms with van der Waals surface area (Å²) in [6.45, 7) is 4.47. The van der Waals surface area contributed by atoms with Gasteiger partial charge in [0.25, 0.3) is 0 Å². The summed E-state index contributed by atoms with van der Waals surface area (Å²) in [5.41, 5.74) is 11.9. The van der Waals surface area contributed by atoms with Crippen LogP contribution < -0.4 is 9.47 Å². The highest BCUT2D eigenvalue weighted by Crippen LogP contribution is 2.41. The highest BCUT2D eigenvalue weighted by Gasteiger charge is 2.15. The molecule has 0 aromatic heterocycles. The lowest BCUT2D eigenvalue weighted by molar-refractivity contribution is 0.406. The van der Waals surface area contributed by atoms with E-state index in [1.165, 1.54) is 59.1 Å². The Balaban J connectivity index is 1.38. The molecule has 0 atom stereocenters. The predicted octanol–water partition coefficient (Wildman–Crippen LogP) is 11.1. The van der Waals surface area contributed by atoms with E-state index in [9.17, 15) is 0 Å². The average molecular weight is 555 g/mol. The summed E-state index contributed by atoms with van der Waals surface area (Å²) in [4.78, 5) is 0. The first-order valence-corrected chi connectivity index (χ1v) is 15.3. The van der Waals surface area contributed by atoms with Gasteiger partial charge < -0.3 is 9.47 Å². The highest BCUT2D eigenvalue weighted by molar-refractivity contribution is 5.83. The molecular weight excluding hydrogens is 512 g/mol. The average Bonchev–Trinajstić information content (AvgIpc) is 3.06. The van der Waals surface area contributed by atoms with E-state index in [-0.39, 0.29) is 0 Å². The third-order valence-electron chi connectivity index (χ3n) is 8.13. The Morgan fingerprint density at radius 3 is 0.976 bits per heavy atom. The van der Waals surface area contributed by atoms with Crippen molar-refractivity contribution < 1.29 is 9.47 Å². The summed E-state index contributed by atoms with van der Waals surface area (Å²) in [6.07, 6.45) is 7.20. The normalized spacial score (nSPS) is 11.0. The van der Waals surface area contributed by atoms with Crippen molar-refractivity contribution in [1.82, 2.24) is 0 Å². The first-order chi connectivity index (χ1) is 20.6. The molecule has 0 fully saturated rings. The summed E-state index contributed by atoms with van der Waals surface area (Å²) >= 11 is 0. The minimum absolute atomic E-state index is 0.825. The second-order valence-electron chi connectivity index (χ2n) is 11.0. The Kier molecular flexibility index (Phi) is 9.77. The molecule has 0 amide bonds. The van der Waals surface area contributed by atoms with Crippen molar-refractivity contribution in [2.24, 2.45) is 0 Å². The van der Waals surface area contributed by atoms with E-state index in [4.69, 9.17) is 9.47 Å². The summed E-state index contributed by atoms with van der Waals surface area (Å²) in [5, 5.41) is 0. The van der Waals surface area contributed by atoms with Crippen LogP contribution in [0, 0.1) is 0 Å². The number of unbranched alkanes of at least 4 members (excludes halogenated alkanes) is 2. The van der Waals surface area contributed by atoms with Crippen LogP contribution in [0.4, 0.5) is 0 Å². The first-order valence-electron chi connectivity index (χ1n) is 15.3. The molecule has 0 heterocycles. The highest BCUT2D eigenvalue weighted by atomic mass is 16.5. The Hall–Kier alpha value is -4.30. The van der Waals surface area contributed by atoms with Gasteiger partial charge >= 0.3 is 0 Å². The van der Waals surface area contributed by atoms with Crippen LogP contribution >= 0.6 is 0 Å². The van der Waals surface area contributed by atoms with Gasteiger partial charge in [-0.25, -0.2) is 0 Å². The number of methoxy groups -OCH3 is 2. The molecule has 0 aliphatic rings. The van der Waals surface area contributed by atoms with Gasteiger partial charge in [-0.15, -0.1) is 0 Å². The molecule has 0 spiro atoms. The van der Waals surface area contributed by atoms with Crippen LogP contribution in [-0.4, -0.2) is 14.2 Å². The van der Waals surface area contributed by atoms with Crippen LogP contribution in [0.2, 0.25) is 0 Å². The maximum Gasteiger partial charge on any atom is 0.127 e. The molecule has 0 unspecified atom stereocenters. The van der Waals surface area contributed by atoms with E-state index in [1.807, 2.05) is 0 Å². The molecule has 0 radical (unpaired) electrons. The number of hydrogen-bond donors (Lipinski definition) is 0. The third-order valence-corrected chi connectivity index (χ3v) is 8.13. The molecule has 5 rings (SSSR count). The van der Waals surface area contributed by atoms with Crippen molar-refractivity contribution >= 4 is 0 Å². The molecule has 5 aromatic rings. The summed E-state index contributed by atoms with van der Waals surface area (Å²) < 4.78 is 11.8. The van der Waals surface area contributed by atoms with Gasteiger partial charge in [-0.2, -0.15) is 0 Å². The number of aryl methyl sites for hydroxylation is 2. The van der Waals surface area contributed by atoms with E-state index in [1.54, 1.807) is 14.2 Å². The Labute approximate surface area is 252 Å². The lowest BCUT2D eigenvalue weighted by atomic mass is 9.95. The number of benzene rings is 5. The van der Waals surface area contributed by atoms with Crippen molar-refractivity contribution in [2.45, 2.75) is 52.4 Å². The van der Waals surface area contributed by atoms with Crippen molar-refractivity contribution in [1.29, 1.82) is 0 Å². The maximum absolute atomic E-state index is 5.90. The Morgan fingerprint density at radius 1 is 0.405 bits per heavy atom. The zero-order valence-electron chi connectivity index (χ0n) is 25.5. The molecule has 5 aromatic carbocycles. The standard InChI is InChI=1S/C40H42O2/c1-5-7-9-29-11-15-31(16-12-29)33-19-23-35(24-20-33)37-27-40(42-4)38(28-39(37)41-3)36-25-21-34(22-26-36)32-17-13-30(14-18-32)10-8-6-2/h11-28H,5-10H2,1-4H3. The summed E-state index contributed by atoms with van der Waals surface area (Å²) in [6, 6.07) is 39.5. The SMILES string of the molecule is CCCCc1ccc(-c2ccc(-c3cc(OC)c(-c4ccc(-c5ccc(CCCC)cc5)cc4)cc3OC)cc2)cc1. The fourth-order valence-electron chi connectivity index (χ4n) is 5.52. The van der Waals surface area contributed by atoms with Gasteiger partial charge in [-0.05, 0) is 82.3 Å². The molecule has 0 aliphatic heterocycles. The monoisotopic (exact) mass is 554 g/mol. The lowest BCUT2D eigenvalue weighted by Crippen LogP contribution is -1.94. The number of hydrogen-bond acceptors (Lipinski definition) is 2. The maximum atomic E-state index is 5.90. The fourth-order valence-corrected chi connectivity index (χ4v) is 5.52. The molecule has 0 saturated heterocycles. The molecule has 2 heteroatoms. The van der Waals surface area contributed by atoms with Gasteiger partial charge in [-0.3, -0.25) is 0 Å². The van der Waals surface area contributed by atoms with Crippen molar-refractivity contribution in [3.8, 4) is 56.0 Å². The lowest BCUT2D eigenvalue weighted by Gasteiger charge is -2.16. The molecule has 0 aliphatic carbocycles. The van der Waals surface area contributed by atoms with Crippen LogP contribution in [-0.2, 0) is 12.8 Å². The van der Waals surface area contributed by atoms with Gasteiger partial charge in [0.15, 0.2) is 0 Å². The van der Waals surface area contributed by atoms with E-state index in [0.29, 0.717) is 0 Å². The number of ether oxygens (including phenoxy) is 2. The predicted molar refractivity (Wildman–Crippen MR) is 179 cm³/mol. The van der Waals surface area contributed by atoms with Gasteiger partial charge in [-0.1, -0.05) is 124 Å². The third kappa shape index (κ3) is 6.77. The van der Waals surface area contributed by atoms with Gasteiger partial charge in [0.2, 0.25) is 0 Å². The molecule has 214 valence electrons. The van der Waals surface area contributed by atoms with Gasteiger partial charge in [0.05, 0.1) is 14.2 Å². The van der Waals surface area contributed by atoms with Crippen LogP contribution in [0.15, 0.2) is 109 Å². The minimum atomic E-state index is 0.825. The fraction of sp³-hybridized carbons (Fsp3) is 0.250. The molecule has 0 saturated carbocycles. The molecular formula is C40H42O2. The largest absolute Gasteiger partial charge is 0.496 e. The smallest absolute Gasteiger partial charge is 0.127 e. The zero-order chi connectivity index (χ0) is 29.3. The minimum Gasteiger partial charge on any atom is -0.496 e. The van der Waals surface area contributed by atoms with Gasteiger partial charge in [0.1, 0.15) is 11.5 Å². The van der Waals surface area contributed by atoms with Crippen LogP contribution in [0.1, 0.15) is 50.7 Å². The van der Waals surface area contributed by atoms with Crippen LogP contribution in [0.3, 0.4) is 0 Å². The van der Waals surface area contributed by atoms with Crippen molar-refractivity contribution in [3.05, 3.63) is 120 Å². The Bertz CT molecular complexity index is 1440. The topological polar surface area (TPSA) is 18.5 Å². The second-order valence-corrected chi connectivity index (χ2v) is 11.0. The Morgan fingerprint density at radius 2 is 0.690 bits per heavy atom. The first kappa shape index (κ1) is 29.2. The van der Waals surface area contributed by atoms with E-state index in [2.05, 4.69) is 123 Å². The summed E-state index contributed by atoms with van der Waals surface area (Å²) in [5.74, 6) is 1.65. The van der Waals surface area contributed by atoms with E-state index >= 15 is 0 Å². The van der Waals surface area contributed by atoms with Crippen LogP contribution in [0.25, 0.3) is 44.5 Å². The molecule has 0 bridgehead atoms. The quantitative estimate of drug-likeness (QED) is 0.153. The molecule has 2 nitrogen and oxygen atoms in total. The zero-order valence-corrected chi connectivity index (χ0v) is 25.5. The van der Waals surface area contributed by atoms with E-state index in [0.717, 1.165) is 46.6 Å². The number of rotatable bonds is 12. The summed E-state index contributed by atoms with van der Waals surface area (Å²) in [7, 11) is 3.47.